The lowest BCUT2D eigenvalue weighted by molar-refractivity contribution is 0.102. The molecular weight excluding hydrogens is 454 g/mol. The van der Waals surface area contributed by atoms with Gasteiger partial charge in [0.15, 0.2) is 5.13 Å². The van der Waals surface area contributed by atoms with Gasteiger partial charge in [-0.25, -0.2) is 9.37 Å². The molecule has 0 aliphatic heterocycles. The highest BCUT2D eigenvalue weighted by molar-refractivity contribution is 7.66. The standard InChI is InChI=1S/C22H24FN2O5PS/c1-13(2)29-17-9-15(21(26)25-22-24-7-8-32-22)10-18(11-17)30-16-5-6-20(19(23)12-16)31(27,28)14(3)4/h5-14H,1-4H3,(H,27,28)(H,24,25,26). The van der Waals surface area contributed by atoms with E-state index < -0.39 is 24.8 Å². The van der Waals surface area contributed by atoms with Crippen molar-refractivity contribution in [3.63, 3.8) is 0 Å². The summed E-state index contributed by atoms with van der Waals surface area (Å²) in [6, 6.07) is 8.35. The monoisotopic (exact) mass is 478 g/mol. The Kier molecular flexibility index (Phi) is 7.33. The molecule has 10 heteroatoms. The number of halogens is 1. The molecular formula is C22H24FN2O5PS. The third kappa shape index (κ3) is 5.73. The van der Waals surface area contributed by atoms with E-state index in [1.165, 1.54) is 29.5 Å². The normalized spacial score (nSPS) is 13.1. The first-order chi connectivity index (χ1) is 15.1. The van der Waals surface area contributed by atoms with E-state index in [1.54, 1.807) is 37.6 Å². The second-order valence-electron chi connectivity index (χ2n) is 7.58. The zero-order chi connectivity index (χ0) is 23.5. The molecule has 0 fully saturated rings. The Morgan fingerprint density at radius 1 is 1.12 bits per heavy atom. The molecule has 0 aliphatic rings. The second kappa shape index (κ2) is 9.81. The van der Waals surface area contributed by atoms with Crippen LogP contribution in [0.5, 0.6) is 17.2 Å². The Morgan fingerprint density at radius 3 is 2.44 bits per heavy atom. The van der Waals surface area contributed by atoms with Crippen molar-refractivity contribution in [1.29, 1.82) is 0 Å². The van der Waals surface area contributed by atoms with Gasteiger partial charge < -0.3 is 14.4 Å². The molecule has 0 bridgehead atoms. The van der Waals surface area contributed by atoms with Crippen LogP contribution in [0.15, 0.2) is 48.0 Å². The molecule has 2 aromatic carbocycles. The molecule has 32 heavy (non-hydrogen) atoms. The van der Waals surface area contributed by atoms with Crippen molar-refractivity contribution < 1.29 is 28.1 Å². The molecule has 1 atom stereocenters. The Balaban J connectivity index is 1.90. The molecule has 3 aromatic rings. The van der Waals surface area contributed by atoms with Gasteiger partial charge in [-0.1, -0.05) is 13.8 Å². The summed E-state index contributed by atoms with van der Waals surface area (Å²) in [5, 5.41) is 4.63. The number of amides is 1. The quantitative estimate of drug-likeness (QED) is 0.420. The maximum absolute atomic E-state index is 14.6. The molecule has 3 rings (SSSR count). The van der Waals surface area contributed by atoms with E-state index in [2.05, 4.69) is 10.3 Å². The number of benzene rings is 2. The lowest BCUT2D eigenvalue weighted by Crippen LogP contribution is -2.15. The van der Waals surface area contributed by atoms with Crippen molar-refractivity contribution in [3.8, 4) is 17.2 Å². The van der Waals surface area contributed by atoms with E-state index in [9.17, 15) is 18.6 Å². The van der Waals surface area contributed by atoms with Gasteiger partial charge in [-0.2, -0.15) is 0 Å². The lowest BCUT2D eigenvalue weighted by atomic mass is 10.2. The number of aromatic nitrogens is 1. The highest BCUT2D eigenvalue weighted by atomic mass is 32.1. The minimum absolute atomic E-state index is 0.114. The van der Waals surface area contributed by atoms with Gasteiger partial charge in [-0.15, -0.1) is 11.3 Å². The Bertz CT molecular complexity index is 1150. The Hall–Kier alpha value is -2.74. The van der Waals surface area contributed by atoms with Gasteiger partial charge in [0.1, 0.15) is 23.1 Å². The topological polar surface area (TPSA) is 97.8 Å². The highest BCUT2D eigenvalue weighted by Crippen LogP contribution is 2.45. The minimum atomic E-state index is -3.84. The molecule has 1 heterocycles. The number of carbonyl (C=O) groups excluding carboxylic acids is 1. The van der Waals surface area contributed by atoms with Crippen molar-refractivity contribution in [2.75, 3.05) is 5.32 Å². The summed E-state index contributed by atoms with van der Waals surface area (Å²) in [5.74, 6) is -0.478. The fraction of sp³-hybridized carbons (Fsp3) is 0.273. The van der Waals surface area contributed by atoms with Crippen molar-refractivity contribution in [3.05, 3.63) is 59.4 Å². The predicted octanol–water partition coefficient (Wildman–Crippen LogP) is 5.42. The van der Waals surface area contributed by atoms with E-state index >= 15 is 0 Å². The number of ether oxygens (including phenoxy) is 2. The molecule has 170 valence electrons. The third-order valence-electron chi connectivity index (χ3n) is 4.37. The van der Waals surface area contributed by atoms with Crippen LogP contribution in [0.3, 0.4) is 0 Å². The van der Waals surface area contributed by atoms with Gasteiger partial charge in [0.25, 0.3) is 5.91 Å². The first-order valence-electron chi connectivity index (χ1n) is 9.89. The van der Waals surface area contributed by atoms with E-state index in [0.717, 1.165) is 6.07 Å². The van der Waals surface area contributed by atoms with Crippen LogP contribution < -0.4 is 20.1 Å². The average Bonchev–Trinajstić information content (AvgIpc) is 3.20. The summed E-state index contributed by atoms with van der Waals surface area (Å²) in [7, 11) is -3.84. The molecule has 0 spiro atoms. The van der Waals surface area contributed by atoms with Crippen LogP contribution >= 0.6 is 18.7 Å². The zero-order valence-electron chi connectivity index (χ0n) is 18.0. The van der Waals surface area contributed by atoms with Gasteiger partial charge in [-0.3, -0.25) is 14.7 Å². The number of hydrogen-bond donors (Lipinski definition) is 2. The summed E-state index contributed by atoms with van der Waals surface area (Å²) >= 11 is 1.28. The maximum atomic E-state index is 14.6. The number of anilines is 1. The van der Waals surface area contributed by atoms with Crippen molar-refractivity contribution in [2.45, 2.75) is 39.5 Å². The molecule has 7 nitrogen and oxygen atoms in total. The minimum Gasteiger partial charge on any atom is -0.491 e. The van der Waals surface area contributed by atoms with Gasteiger partial charge in [0.05, 0.1) is 11.4 Å². The second-order valence-corrected chi connectivity index (χ2v) is 11.2. The van der Waals surface area contributed by atoms with Crippen LogP contribution in [0.2, 0.25) is 0 Å². The van der Waals surface area contributed by atoms with Crippen LogP contribution in [-0.2, 0) is 4.57 Å². The molecule has 1 amide bonds. The smallest absolute Gasteiger partial charge is 0.257 e. The first-order valence-corrected chi connectivity index (χ1v) is 12.5. The summed E-state index contributed by atoms with van der Waals surface area (Å²) in [6.07, 6.45) is 1.43. The van der Waals surface area contributed by atoms with E-state index in [-0.39, 0.29) is 28.5 Å². The van der Waals surface area contributed by atoms with E-state index in [0.29, 0.717) is 10.9 Å². The van der Waals surface area contributed by atoms with E-state index in [1.807, 2.05) is 13.8 Å². The van der Waals surface area contributed by atoms with E-state index in [4.69, 9.17) is 9.47 Å². The van der Waals surface area contributed by atoms with Crippen molar-refractivity contribution >= 4 is 35.0 Å². The average molecular weight is 478 g/mol. The number of carbonyl (C=O) groups is 1. The van der Waals surface area contributed by atoms with Crippen LogP contribution in [-0.4, -0.2) is 27.5 Å². The summed E-state index contributed by atoms with van der Waals surface area (Å²) in [5.41, 5.74) is -0.349. The lowest BCUT2D eigenvalue weighted by Gasteiger charge is -2.17. The van der Waals surface area contributed by atoms with Crippen LogP contribution in [0.25, 0.3) is 0 Å². The summed E-state index contributed by atoms with van der Waals surface area (Å²) < 4.78 is 38.5. The first kappa shape index (κ1) is 23.9. The zero-order valence-corrected chi connectivity index (χ0v) is 19.7. The molecule has 1 aromatic heterocycles. The van der Waals surface area contributed by atoms with Gasteiger partial charge in [0.2, 0.25) is 7.37 Å². The van der Waals surface area contributed by atoms with Crippen molar-refractivity contribution in [2.24, 2.45) is 0 Å². The third-order valence-corrected chi connectivity index (χ3v) is 7.51. The highest BCUT2D eigenvalue weighted by Gasteiger charge is 2.29. The van der Waals surface area contributed by atoms with Crippen LogP contribution in [0, 0.1) is 5.82 Å². The number of hydrogen-bond acceptors (Lipinski definition) is 6. The number of nitrogens with one attached hydrogen (secondary N) is 1. The van der Waals surface area contributed by atoms with Crippen LogP contribution in [0.4, 0.5) is 9.52 Å². The summed E-state index contributed by atoms with van der Waals surface area (Å²) in [6.45, 7) is 6.81. The molecule has 0 aliphatic carbocycles. The Morgan fingerprint density at radius 2 is 1.84 bits per heavy atom. The molecule has 0 radical (unpaired) electrons. The fourth-order valence-corrected chi connectivity index (χ4v) is 4.52. The Labute approximate surface area is 189 Å². The largest absolute Gasteiger partial charge is 0.491 e. The fourth-order valence-electron chi connectivity index (χ4n) is 2.78. The maximum Gasteiger partial charge on any atom is 0.257 e. The van der Waals surface area contributed by atoms with Gasteiger partial charge >= 0.3 is 0 Å². The van der Waals surface area contributed by atoms with Gasteiger partial charge in [-0.05, 0) is 38.1 Å². The molecule has 0 saturated carbocycles. The SMILES string of the molecule is CC(C)Oc1cc(Oc2ccc(P(=O)(O)C(C)C)c(F)c2)cc(C(=O)Nc2nccs2)c1. The van der Waals surface area contributed by atoms with Crippen LogP contribution in [0.1, 0.15) is 38.1 Å². The molecule has 1 unspecified atom stereocenters. The molecule has 2 N–H and O–H groups in total. The van der Waals surface area contributed by atoms with Crippen molar-refractivity contribution in [1.82, 2.24) is 4.98 Å². The molecule has 0 saturated heterocycles. The number of rotatable bonds is 8. The van der Waals surface area contributed by atoms with Gasteiger partial charge in [0, 0.05) is 34.9 Å². The predicted molar refractivity (Wildman–Crippen MR) is 123 cm³/mol. The number of nitrogens with zero attached hydrogens (tertiary/aromatic N) is 1. The number of thiazole rings is 1. The summed E-state index contributed by atoms with van der Waals surface area (Å²) in [4.78, 5) is 26.8.